The molecule has 22 heavy (non-hydrogen) atoms. The van der Waals surface area contributed by atoms with Gasteiger partial charge in [-0.1, -0.05) is 32.0 Å². The van der Waals surface area contributed by atoms with E-state index in [-0.39, 0.29) is 12.5 Å². The maximum Gasteiger partial charge on any atom is 0.337 e. The fourth-order valence-corrected chi connectivity index (χ4v) is 1.97. The van der Waals surface area contributed by atoms with Gasteiger partial charge in [-0.3, -0.25) is 4.79 Å². The summed E-state index contributed by atoms with van der Waals surface area (Å²) < 4.78 is 5.27. The van der Waals surface area contributed by atoms with Gasteiger partial charge in [0.05, 0.1) is 13.7 Å². The summed E-state index contributed by atoms with van der Waals surface area (Å²) in [7, 11) is 1.57. The zero-order valence-electron chi connectivity index (χ0n) is 13.3. The first-order chi connectivity index (χ1) is 10.1. The van der Waals surface area contributed by atoms with Gasteiger partial charge in [-0.2, -0.15) is 0 Å². The fraction of sp³-hybridized carbons (Fsp3) is 0.500. The van der Waals surface area contributed by atoms with Gasteiger partial charge in [-0.15, -0.1) is 0 Å². The molecule has 1 rings (SSSR count). The minimum Gasteiger partial charge on any atom is -0.496 e. The van der Waals surface area contributed by atoms with Crippen molar-refractivity contribution in [3.05, 3.63) is 29.8 Å². The van der Waals surface area contributed by atoms with Gasteiger partial charge in [-0.25, -0.2) is 4.79 Å². The van der Waals surface area contributed by atoms with Crippen molar-refractivity contribution < 1.29 is 24.5 Å². The smallest absolute Gasteiger partial charge is 0.337 e. The predicted octanol–water partition coefficient (Wildman–Crippen LogP) is 1.22. The van der Waals surface area contributed by atoms with Crippen LogP contribution in [0.4, 0.5) is 0 Å². The highest BCUT2D eigenvalue weighted by molar-refractivity contribution is 5.84. The van der Waals surface area contributed by atoms with Crippen molar-refractivity contribution in [1.82, 2.24) is 5.32 Å². The Kier molecular flexibility index (Phi) is 5.54. The van der Waals surface area contributed by atoms with E-state index in [1.54, 1.807) is 21.0 Å². The van der Waals surface area contributed by atoms with Crippen molar-refractivity contribution in [2.45, 2.75) is 32.8 Å². The summed E-state index contributed by atoms with van der Waals surface area (Å²) in [5, 5.41) is 21.0. The van der Waals surface area contributed by atoms with Gasteiger partial charge in [0.25, 0.3) is 0 Å². The van der Waals surface area contributed by atoms with Crippen LogP contribution in [-0.4, -0.2) is 41.3 Å². The Labute approximate surface area is 130 Å². The van der Waals surface area contributed by atoms with Crippen LogP contribution in [0.25, 0.3) is 0 Å². The summed E-state index contributed by atoms with van der Waals surface area (Å²) in [6.07, 6.45) is 0.429. The standard InChI is InChI=1S/C16H23NO5/c1-15(2,9-11-7-5-6-8-12(11)22-4)13(18)17-10-16(3,21)14(19)20/h5-8,21H,9-10H2,1-4H3,(H,17,18)(H,19,20). The largest absolute Gasteiger partial charge is 0.496 e. The number of hydrogen-bond acceptors (Lipinski definition) is 4. The summed E-state index contributed by atoms with van der Waals surface area (Å²) >= 11 is 0. The van der Waals surface area contributed by atoms with Gasteiger partial charge in [-0.05, 0) is 25.0 Å². The zero-order chi connectivity index (χ0) is 17.0. The number of nitrogens with one attached hydrogen (secondary N) is 1. The number of carbonyl (C=O) groups excluding carboxylic acids is 1. The number of rotatable bonds is 7. The van der Waals surface area contributed by atoms with E-state index >= 15 is 0 Å². The van der Waals surface area contributed by atoms with Crippen LogP contribution in [0, 0.1) is 5.41 Å². The van der Waals surface area contributed by atoms with Crippen LogP contribution >= 0.6 is 0 Å². The van der Waals surface area contributed by atoms with Gasteiger partial charge in [0, 0.05) is 5.41 Å². The second kappa shape index (κ2) is 6.79. The lowest BCUT2D eigenvalue weighted by Gasteiger charge is -2.26. The molecule has 1 aromatic carbocycles. The molecule has 1 amide bonds. The van der Waals surface area contributed by atoms with Crippen LogP contribution in [-0.2, 0) is 16.0 Å². The second-order valence-corrected chi connectivity index (χ2v) is 6.13. The molecule has 0 aliphatic rings. The Balaban J connectivity index is 2.77. The lowest BCUT2D eigenvalue weighted by molar-refractivity contribution is -0.156. The molecule has 0 radical (unpaired) electrons. The van der Waals surface area contributed by atoms with E-state index in [1.807, 2.05) is 24.3 Å². The first-order valence-corrected chi connectivity index (χ1v) is 6.96. The fourth-order valence-electron chi connectivity index (χ4n) is 1.97. The van der Waals surface area contributed by atoms with Gasteiger partial charge < -0.3 is 20.3 Å². The SMILES string of the molecule is COc1ccccc1CC(C)(C)C(=O)NCC(C)(O)C(=O)O. The summed E-state index contributed by atoms with van der Waals surface area (Å²) in [5.74, 6) is -1.02. The van der Waals surface area contributed by atoms with Gasteiger partial charge in [0.1, 0.15) is 5.75 Å². The Morgan fingerprint density at radius 2 is 1.82 bits per heavy atom. The van der Waals surface area contributed by atoms with Gasteiger partial charge >= 0.3 is 5.97 Å². The summed E-state index contributed by atoms with van der Waals surface area (Å²) in [4.78, 5) is 23.1. The van der Waals surface area contributed by atoms with E-state index in [9.17, 15) is 14.7 Å². The molecule has 0 heterocycles. The van der Waals surface area contributed by atoms with Crippen molar-refractivity contribution >= 4 is 11.9 Å². The number of benzene rings is 1. The molecule has 6 heteroatoms. The zero-order valence-corrected chi connectivity index (χ0v) is 13.3. The molecule has 122 valence electrons. The average Bonchev–Trinajstić information content (AvgIpc) is 2.44. The van der Waals surface area contributed by atoms with Crippen LogP contribution in [0.5, 0.6) is 5.75 Å². The number of hydrogen-bond donors (Lipinski definition) is 3. The molecule has 0 bridgehead atoms. The van der Waals surface area contributed by atoms with E-state index in [4.69, 9.17) is 9.84 Å². The first-order valence-electron chi connectivity index (χ1n) is 6.96. The number of para-hydroxylation sites is 1. The van der Waals surface area contributed by atoms with Crippen LogP contribution < -0.4 is 10.1 Å². The number of amides is 1. The molecule has 1 aromatic rings. The number of aliphatic hydroxyl groups is 1. The number of carboxylic acid groups (broad SMARTS) is 1. The molecule has 1 atom stereocenters. The highest BCUT2D eigenvalue weighted by Crippen LogP contribution is 2.28. The third-order valence-electron chi connectivity index (χ3n) is 3.49. The number of ether oxygens (including phenoxy) is 1. The van der Waals surface area contributed by atoms with Gasteiger partial charge in [0.2, 0.25) is 5.91 Å². The summed E-state index contributed by atoms with van der Waals surface area (Å²) in [6, 6.07) is 7.40. The third kappa shape index (κ3) is 4.46. The molecule has 0 fully saturated rings. The molecule has 0 aliphatic carbocycles. The number of carbonyl (C=O) groups is 2. The maximum absolute atomic E-state index is 12.3. The molecule has 0 spiro atoms. The topological polar surface area (TPSA) is 95.9 Å². The minimum absolute atomic E-state index is 0.333. The van der Waals surface area contributed by atoms with Crippen molar-refractivity contribution in [3.8, 4) is 5.75 Å². The Morgan fingerprint density at radius 1 is 1.23 bits per heavy atom. The van der Waals surface area contributed by atoms with E-state index in [0.717, 1.165) is 12.5 Å². The second-order valence-electron chi connectivity index (χ2n) is 6.13. The average molecular weight is 309 g/mol. The molecule has 6 nitrogen and oxygen atoms in total. The lowest BCUT2D eigenvalue weighted by atomic mass is 9.84. The van der Waals surface area contributed by atoms with Crippen LogP contribution in [0.1, 0.15) is 26.3 Å². The van der Waals surface area contributed by atoms with Crippen molar-refractivity contribution in [3.63, 3.8) is 0 Å². The highest BCUT2D eigenvalue weighted by Gasteiger charge is 2.34. The van der Waals surface area contributed by atoms with Gasteiger partial charge in [0.15, 0.2) is 5.60 Å². The van der Waals surface area contributed by atoms with Crippen LogP contribution in [0.15, 0.2) is 24.3 Å². The first kappa shape index (κ1) is 18.0. The number of aliphatic carboxylic acids is 1. The quantitative estimate of drug-likeness (QED) is 0.704. The Morgan fingerprint density at radius 3 is 2.36 bits per heavy atom. The number of carboxylic acids is 1. The van der Waals surface area contributed by atoms with Crippen molar-refractivity contribution in [1.29, 1.82) is 0 Å². The lowest BCUT2D eigenvalue weighted by Crippen LogP contribution is -2.49. The number of methoxy groups -OCH3 is 1. The predicted molar refractivity (Wildman–Crippen MR) is 81.7 cm³/mol. The molecule has 0 aliphatic heterocycles. The van der Waals surface area contributed by atoms with Crippen LogP contribution in [0.2, 0.25) is 0 Å². The van der Waals surface area contributed by atoms with E-state index < -0.39 is 17.0 Å². The normalized spacial score (nSPS) is 14.0. The van der Waals surface area contributed by atoms with E-state index in [2.05, 4.69) is 5.32 Å². The Hall–Kier alpha value is -2.08. The molecule has 0 saturated carbocycles. The third-order valence-corrected chi connectivity index (χ3v) is 3.49. The van der Waals surface area contributed by atoms with E-state index in [0.29, 0.717) is 12.2 Å². The van der Waals surface area contributed by atoms with Crippen molar-refractivity contribution in [2.24, 2.45) is 5.41 Å². The maximum atomic E-state index is 12.3. The molecule has 0 aromatic heterocycles. The summed E-state index contributed by atoms with van der Waals surface area (Å²) in [5.41, 5.74) is -1.88. The minimum atomic E-state index is -1.99. The van der Waals surface area contributed by atoms with E-state index in [1.165, 1.54) is 0 Å². The molecule has 3 N–H and O–H groups in total. The van der Waals surface area contributed by atoms with Crippen LogP contribution in [0.3, 0.4) is 0 Å². The summed E-state index contributed by atoms with van der Waals surface area (Å²) in [6.45, 7) is 4.30. The van der Waals surface area contributed by atoms with Crippen molar-refractivity contribution in [2.75, 3.05) is 13.7 Å². The highest BCUT2D eigenvalue weighted by atomic mass is 16.5. The monoisotopic (exact) mass is 309 g/mol. The Bertz CT molecular complexity index is 551. The molecular weight excluding hydrogens is 286 g/mol. The molecule has 0 saturated heterocycles. The molecule has 1 unspecified atom stereocenters. The molecular formula is C16H23NO5.